The molecular weight excluding hydrogens is 582 g/mol. The fourth-order valence-electron chi connectivity index (χ4n) is 5.52. The first kappa shape index (κ1) is 30.5. The van der Waals surface area contributed by atoms with Gasteiger partial charge in [-0.2, -0.15) is 5.26 Å². The Hall–Kier alpha value is -3.94. The normalized spacial score (nSPS) is 16.3. The topological polar surface area (TPSA) is 72.6 Å². The smallest absolute Gasteiger partial charge is 0.270 e. The lowest BCUT2D eigenvalue weighted by atomic mass is 10.0. The van der Waals surface area contributed by atoms with E-state index in [-0.39, 0.29) is 22.8 Å². The Morgan fingerprint density at radius 2 is 1.70 bits per heavy atom. The lowest BCUT2D eigenvalue weighted by Crippen LogP contribution is -2.49. The first-order chi connectivity index (χ1) is 20.7. The average molecular weight is 616 g/mol. The second-order valence-electron chi connectivity index (χ2n) is 10.8. The number of nitrogens with zero attached hydrogens (tertiary/aromatic N) is 5. The maximum atomic E-state index is 14.5. The maximum absolute atomic E-state index is 14.5. The molecule has 0 bridgehead atoms. The summed E-state index contributed by atoms with van der Waals surface area (Å²) in [6, 6.07) is 16.8. The summed E-state index contributed by atoms with van der Waals surface area (Å²) in [5.41, 5.74) is 3.62. The van der Waals surface area contributed by atoms with Gasteiger partial charge in [-0.15, -0.1) is 0 Å². The molecule has 2 fully saturated rings. The summed E-state index contributed by atoms with van der Waals surface area (Å²) >= 11 is 6.86. The SMILES string of the molecule is CCCCn1c(N2CCN(c3ccccc3F)CC2)c(C=C2SC(=S)N(Cc3ccc(C)cc3)C2=O)c(C)c(C#N)c1=O. The molecule has 0 radical (unpaired) electrons. The number of thiocarbonyl (C=S) groups is 1. The summed E-state index contributed by atoms with van der Waals surface area (Å²) in [6.45, 7) is 8.84. The van der Waals surface area contributed by atoms with Crippen LogP contribution in [0.4, 0.5) is 15.9 Å². The third-order valence-electron chi connectivity index (χ3n) is 7.96. The van der Waals surface area contributed by atoms with Crippen molar-refractivity contribution in [2.45, 2.75) is 46.7 Å². The number of thioether (sulfide) groups is 1. The number of hydrogen-bond donors (Lipinski definition) is 0. The molecule has 0 unspecified atom stereocenters. The molecule has 0 saturated carbocycles. The Morgan fingerprint density at radius 1 is 1.02 bits per heavy atom. The number of carbonyl (C=O) groups is 1. The van der Waals surface area contributed by atoms with Crippen LogP contribution < -0.4 is 15.4 Å². The second-order valence-corrected chi connectivity index (χ2v) is 12.5. The van der Waals surface area contributed by atoms with Crippen LogP contribution >= 0.6 is 24.0 Å². The van der Waals surface area contributed by atoms with Crippen LogP contribution in [0.1, 0.15) is 47.6 Å². The van der Waals surface area contributed by atoms with Crippen molar-refractivity contribution in [3.8, 4) is 6.07 Å². The van der Waals surface area contributed by atoms with Gasteiger partial charge in [-0.3, -0.25) is 19.1 Å². The molecule has 222 valence electrons. The molecule has 2 saturated heterocycles. The van der Waals surface area contributed by atoms with Crippen LogP contribution in [0.3, 0.4) is 0 Å². The molecule has 2 aliphatic heterocycles. The highest BCUT2D eigenvalue weighted by molar-refractivity contribution is 8.26. The summed E-state index contributed by atoms with van der Waals surface area (Å²) in [4.78, 5) is 33.5. The number of halogens is 1. The van der Waals surface area contributed by atoms with E-state index in [1.54, 1.807) is 34.6 Å². The fraction of sp³-hybridized carbons (Fsp3) is 0.333. The number of rotatable bonds is 8. The molecule has 3 aromatic rings. The molecule has 2 aliphatic rings. The van der Waals surface area contributed by atoms with E-state index in [2.05, 4.69) is 17.9 Å². The standard InChI is InChI=1S/C33H34FN5O2S2/c1-4-5-14-38-30(37-17-15-36(16-18-37)28-9-7-6-8-27(28)34)25(23(3)26(20-35)31(38)40)19-29-32(41)39(33(42)43-29)21-24-12-10-22(2)11-13-24/h6-13,19H,4-5,14-18,21H2,1-3H3. The zero-order chi connectivity index (χ0) is 30.7. The largest absolute Gasteiger partial charge is 0.366 e. The van der Waals surface area contributed by atoms with Crippen molar-refractivity contribution in [2.24, 2.45) is 0 Å². The maximum Gasteiger partial charge on any atom is 0.270 e. The van der Waals surface area contributed by atoms with Gasteiger partial charge in [0.15, 0.2) is 0 Å². The van der Waals surface area contributed by atoms with Gasteiger partial charge in [-0.1, -0.05) is 79.3 Å². The predicted molar refractivity (Wildman–Crippen MR) is 176 cm³/mol. The van der Waals surface area contributed by atoms with Gasteiger partial charge in [0, 0.05) is 38.3 Å². The highest BCUT2D eigenvalue weighted by Gasteiger charge is 2.34. The van der Waals surface area contributed by atoms with Crippen LogP contribution in [-0.2, 0) is 17.9 Å². The number of carbonyl (C=O) groups excluding carboxylic acids is 1. The molecule has 0 atom stereocenters. The third kappa shape index (κ3) is 6.24. The minimum Gasteiger partial charge on any atom is -0.366 e. The van der Waals surface area contributed by atoms with E-state index in [4.69, 9.17) is 12.2 Å². The Bertz CT molecular complexity index is 1690. The molecule has 0 spiro atoms. The molecule has 7 nitrogen and oxygen atoms in total. The summed E-state index contributed by atoms with van der Waals surface area (Å²) in [6.07, 6.45) is 3.43. The first-order valence-electron chi connectivity index (χ1n) is 14.5. The molecule has 5 rings (SSSR count). The van der Waals surface area contributed by atoms with Crippen molar-refractivity contribution in [3.05, 3.63) is 97.4 Å². The molecule has 43 heavy (non-hydrogen) atoms. The number of anilines is 2. The van der Waals surface area contributed by atoms with Gasteiger partial charge in [0.25, 0.3) is 11.5 Å². The van der Waals surface area contributed by atoms with Crippen LogP contribution in [-0.4, -0.2) is 45.9 Å². The van der Waals surface area contributed by atoms with E-state index < -0.39 is 0 Å². The Kier molecular flexibility index (Phi) is 9.33. The molecule has 0 aliphatic carbocycles. The molecule has 2 aromatic carbocycles. The second kappa shape index (κ2) is 13.1. The van der Waals surface area contributed by atoms with E-state index in [0.717, 1.165) is 24.0 Å². The van der Waals surface area contributed by atoms with Crippen molar-refractivity contribution >= 4 is 51.8 Å². The van der Waals surface area contributed by atoms with Gasteiger partial charge >= 0.3 is 0 Å². The Morgan fingerprint density at radius 3 is 2.35 bits per heavy atom. The highest BCUT2D eigenvalue weighted by atomic mass is 32.2. The lowest BCUT2D eigenvalue weighted by Gasteiger charge is -2.39. The summed E-state index contributed by atoms with van der Waals surface area (Å²) in [7, 11) is 0. The van der Waals surface area contributed by atoms with E-state index >= 15 is 0 Å². The highest BCUT2D eigenvalue weighted by Crippen LogP contribution is 2.37. The Balaban J connectivity index is 1.54. The summed E-state index contributed by atoms with van der Waals surface area (Å²) in [5.74, 6) is 0.223. The van der Waals surface area contributed by atoms with Gasteiger partial charge in [0.05, 0.1) is 17.1 Å². The molecule has 3 heterocycles. The number of amides is 1. The van der Waals surface area contributed by atoms with Gasteiger partial charge in [-0.25, -0.2) is 4.39 Å². The van der Waals surface area contributed by atoms with Crippen LogP contribution in [0.15, 0.2) is 58.2 Å². The van der Waals surface area contributed by atoms with Gasteiger partial charge in [0.1, 0.15) is 27.6 Å². The van der Waals surface area contributed by atoms with Gasteiger partial charge in [-0.05, 0) is 49.6 Å². The summed E-state index contributed by atoms with van der Waals surface area (Å²) < 4.78 is 16.7. The third-order valence-corrected chi connectivity index (χ3v) is 9.34. The van der Waals surface area contributed by atoms with Crippen molar-refractivity contribution in [3.63, 3.8) is 0 Å². The number of unbranched alkanes of at least 4 members (excludes halogenated alkanes) is 1. The average Bonchev–Trinajstić information content (AvgIpc) is 3.27. The van der Waals surface area contributed by atoms with Crippen molar-refractivity contribution in [2.75, 3.05) is 36.0 Å². The van der Waals surface area contributed by atoms with E-state index in [1.807, 2.05) is 42.2 Å². The first-order valence-corrected chi connectivity index (χ1v) is 15.7. The van der Waals surface area contributed by atoms with E-state index in [0.29, 0.717) is 71.1 Å². The number of aromatic nitrogens is 1. The van der Waals surface area contributed by atoms with Gasteiger partial charge in [0.2, 0.25) is 0 Å². The predicted octanol–water partition coefficient (Wildman–Crippen LogP) is 6.00. The number of benzene rings is 2. The minimum absolute atomic E-state index is 0.0752. The van der Waals surface area contributed by atoms with E-state index in [1.165, 1.54) is 17.8 Å². The number of para-hydroxylation sites is 1. The Labute approximate surface area is 261 Å². The van der Waals surface area contributed by atoms with Crippen LogP contribution in [0.2, 0.25) is 0 Å². The molecular formula is C33H34FN5O2S2. The number of aryl methyl sites for hydroxylation is 1. The number of piperazine rings is 1. The van der Waals surface area contributed by atoms with Crippen LogP contribution in [0.5, 0.6) is 0 Å². The number of pyridine rings is 1. The monoisotopic (exact) mass is 615 g/mol. The molecule has 1 aromatic heterocycles. The van der Waals surface area contributed by atoms with Gasteiger partial charge < -0.3 is 9.80 Å². The number of nitriles is 1. The molecule has 1 amide bonds. The lowest BCUT2D eigenvalue weighted by molar-refractivity contribution is -0.122. The van der Waals surface area contributed by atoms with Crippen molar-refractivity contribution < 1.29 is 9.18 Å². The summed E-state index contributed by atoms with van der Waals surface area (Å²) in [5, 5.41) is 10.0. The quantitative estimate of drug-likeness (QED) is 0.227. The zero-order valence-corrected chi connectivity index (χ0v) is 26.2. The fourth-order valence-corrected chi connectivity index (χ4v) is 6.76. The number of hydrogen-bond acceptors (Lipinski definition) is 7. The van der Waals surface area contributed by atoms with Crippen molar-refractivity contribution in [1.82, 2.24) is 9.47 Å². The molecule has 10 heteroatoms. The van der Waals surface area contributed by atoms with Crippen molar-refractivity contribution in [1.29, 1.82) is 5.26 Å². The van der Waals surface area contributed by atoms with Crippen LogP contribution in [0, 0.1) is 31.0 Å². The zero-order valence-electron chi connectivity index (χ0n) is 24.6. The minimum atomic E-state index is -0.330. The molecule has 0 N–H and O–H groups in total. The van der Waals surface area contributed by atoms with Crippen LogP contribution in [0.25, 0.3) is 6.08 Å². The van der Waals surface area contributed by atoms with E-state index in [9.17, 15) is 19.2 Å².